The van der Waals surface area contributed by atoms with Gasteiger partial charge in [-0.15, -0.1) is 11.3 Å². The Hall–Kier alpha value is -3.74. The number of hydrogen-bond acceptors (Lipinski definition) is 9. The molecule has 1 aliphatic heterocycles. The molecule has 1 amide bonds. The SMILES string of the molecule is COc1ccccc1[C@@H](Cn1c(=O)n(C(C)(C)C(=O)N2CC(O)C2)c(=O)c2c(C)c(-c3ncco3)sc21)OC(C)C. The molecule has 1 aliphatic rings. The summed E-state index contributed by atoms with van der Waals surface area (Å²) in [7, 11) is 1.57. The van der Waals surface area contributed by atoms with Gasteiger partial charge in [-0.25, -0.2) is 14.3 Å². The highest BCUT2D eigenvalue weighted by Crippen LogP contribution is 2.37. The predicted molar refractivity (Wildman–Crippen MR) is 154 cm³/mol. The summed E-state index contributed by atoms with van der Waals surface area (Å²) >= 11 is 1.23. The number of aromatic nitrogens is 3. The highest BCUT2D eigenvalue weighted by Gasteiger charge is 2.42. The molecule has 0 radical (unpaired) electrons. The number of thiophene rings is 1. The van der Waals surface area contributed by atoms with Gasteiger partial charge in [-0.1, -0.05) is 18.2 Å². The zero-order valence-corrected chi connectivity index (χ0v) is 24.7. The Kier molecular flexibility index (Phi) is 7.66. The number of rotatable bonds is 9. The standard InChI is InChI=1S/C29H34N4O7S/c1-16(2)40-21(19-9-7-8-10-20(19)38-6)15-32-26-22(17(3)23(41-26)24-30-11-12-39-24)25(35)33(28(32)37)29(4,5)27(36)31-13-18(34)14-31/h7-12,16,18,21,34H,13-15H2,1-6H3/t21-/m1/s1. The number of aliphatic hydroxyl groups excluding tert-OH is 1. The van der Waals surface area contributed by atoms with Gasteiger partial charge in [0.2, 0.25) is 11.8 Å². The lowest BCUT2D eigenvalue weighted by Crippen LogP contribution is -2.62. The van der Waals surface area contributed by atoms with Crippen molar-refractivity contribution in [1.82, 2.24) is 19.0 Å². The van der Waals surface area contributed by atoms with E-state index >= 15 is 0 Å². The van der Waals surface area contributed by atoms with E-state index in [1.807, 2.05) is 38.1 Å². The molecule has 1 fully saturated rings. The van der Waals surface area contributed by atoms with Gasteiger partial charge in [0.1, 0.15) is 28.5 Å². The van der Waals surface area contributed by atoms with Crippen molar-refractivity contribution in [1.29, 1.82) is 0 Å². The van der Waals surface area contributed by atoms with Crippen molar-refractivity contribution in [3.63, 3.8) is 0 Å². The monoisotopic (exact) mass is 582 g/mol. The van der Waals surface area contributed by atoms with Gasteiger partial charge in [0, 0.05) is 18.7 Å². The van der Waals surface area contributed by atoms with E-state index in [4.69, 9.17) is 13.9 Å². The molecule has 1 N–H and O–H groups in total. The minimum Gasteiger partial charge on any atom is -0.496 e. The Morgan fingerprint density at radius 3 is 2.56 bits per heavy atom. The number of amides is 1. The van der Waals surface area contributed by atoms with Gasteiger partial charge >= 0.3 is 5.69 Å². The first-order chi connectivity index (χ1) is 19.4. The molecule has 4 heterocycles. The summed E-state index contributed by atoms with van der Waals surface area (Å²) in [6.45, 7) is 9.04. The molecule has 1 atom stereocenters. The topological polar surface area (TPSA) is 129 Å². The second-order valence-corrected chi connectivity index (χ2v) is 11.9. The van der Waals surface area contributed by atoms with Crippen LogP contribution in [0.5, 0.6) is 5.75 Å². The number of benzene rings is 1. The number of likely N-dealkylation sites (tertiary alicyclic amines) is 1. The highest BCUT2D eigenvalue weighted by atomic mass is 32.1. The molecule has 12 heteroatoms. The number of ether oxygens (including phenoxy) is 2. The molecule has 1 saturated heterocycles. The number of hydrogen-bond donors (Lipinski definition) is 1. The first kappa shape index (κ1) is 28.8. The van der Waals surface area contributed by atoms with Crippen molar-refractivity contribution in [3.05, 3.63) is 68.7 Å². The van der Waals surface area contributed by atoms with Crippen LogP contribution in [0.2, 0.25) is 0 Å². The quantitative estimate of drug-likeness (QED) is 0.318. The molecular weight excluding hydrogens is 548 g/mol. The molecule has 4 aromatic rings. The fraction of sp³-hybridized carbons (Fsp3) is 0.448. The minimum atomic E-state index is -1.53. The molecule has 11 nitrogen and oxygen atoms in total. The lowest BCUT2D eigenvalue weighted by Gasteiger charge is -2.41. The zero-order valence-electron chi connectivity index (χ0n) is 23.9. The second kappa shape index (κ2) is 10.9. The van der Waals surface area contributed by atoms with Crippen molar-refractivity contribution in [2.75, 3.05) is 20.2 Å². The molecule has 0 aliphatic carbocycles. The Labute approximate surface area is 240 Å². The Morgan fingerprint density at radius 1 is 1.24 bits per heavy atom. The van der Waals surface area contributed by atoms with Gasteiger partial charge < -0.3 is 23.9 Å². The van der Waals surface area contributed by atoms with Crippen molar-refractivity contribution >= 4 is 27.5 Å². The maximum atomic E-state index is 14.3. The van der Waals surface area contributed by atoms with Crippen molar-refractivity contribution in [3.8, 4) is 16.5 Å². The van der Waals surface area contributed by atoms with Crippen molar-refractivity contribution in [2.24, 2.45) is 0 Å². The number of para-hydroxylation sites is 1. The van der Waals surface area contributed by atoms with Gasteiger partial charge in [-0.2, -0.15) is 0 Å². The normalized spacial score (nSPS) is 15.0. The fourth-order valence-corrected chi connectivity index (χ4v) is 6.53. The van der Waals surface area contributed by atoms with Gasteiger partial charge in [-0.05, 0) is 46.2 Å². The van der Waals surface area contributed by atoms with Crippen LogP contribution in [0.3, 0.4) is 0 Å². The van der Waals surface area contributed by atoms with Crippen LogP contribution in [0, 0.1) is 6.92 Å². The minimum absolute atomic E-state index is 0.0475. The van der Waals surface area contributed by atoms with Crippen LogP contribution >= 0.6 is 11.3 Å². The van der Waals surface area contributed by atoms with Gasteiger partial charge in [0.15, 0.2) is 0 Å². The Bertz CT molecular complexity index is 1690. The van der Waals surface area contributed by atoms with E-state index in [2.05, 4.69) is 4.98 Å². The number of carbonyl (C=O) groups excluding carboxylic acids is 1. The summed E-state index contributed by atoms with van der Waals surface area (Å²) in [6, 6.07) is 7.42. The second-order valence-electron chi connectivity index (χ2n) is 10.9. The van der Waals surface area contributed by atoms with Crippen LogP contribution in [-0.4, -0.2) is 62.4 Å². The lowest BCUT2D eigenvalue weighted by molar-refractivity contribution is -0.149. The first-order valence-corrected chi connectivity index (χ1v) is 14.2. The third kappa shape index (κ3) is 5.00. The third-order valence-electron chi connectivity index (χ3n) is 7.34. The summed E-state index contributed by atoms with van der Waals surface area (Å²) in [5.74, 6) is 0.511. The van der Waals surface area contributed by atoms with Crippen LogP contribution in [0.25, 0.3) is 21.0 Å². The van der Waals surface area contributed by atoms with E-state index in [1.54, 1.807) is 27.9 Å². The molecule has 0 spiro atoms. The molecule has 41 heavy (non-hydrogen) atoms. The van der Waals surface area contributed by atoms with Crippen molar-refractivity contribution < 1.29 is 23.8 Å². The summed E-state index contributed by atoms with van der Waals surface area (Å²) in [5.41, 5.74) is -1.41. The fourth-order valence-electron chi connectivity index (χ4n) is 5.29. The molecule has 3 aromatic heterocycles. The zero-order chi connectivity index (χ0) is 29.6. The number of aryl methyl sites for hydroxylation is 1. The van der Waals surface area contributed by atoms with E-state index in [9.17, 15) is 19.5 Å². The van der Waals surface area contributed by atoms with Gasteiger partial charge in [0.05, 0.1) is 42.3 Å². The summed E-state index contributed by atoms with van der Waals surface area (Å²) in [4.78, 5) is 48.8. The Morgan fingerprint density at radius 2 is 1.95 bits per heavy atom. The van der Waals surface area contributed by atoms with Crippen LogP contribution in [0.1, 0.15) is 44.9 Å². The number of fused-ring (bicyclic) bond motifs is 1. The van der Waals surface area contributed by atoms with Crippen LogP contribution < -0.4 is 16.0 Å². The number of aliphatic hydroxyl groups is 1. The summed E-state index contributed by atoms with van der Waals surface area (Å²) in [6.07, 6.45) is 1.54. The molecule has 0 bridgehead atoms. The molecule has 5 rings (SSSR count). The van der Waals surface area contributed by atoms with E-state index in [1.165, 1.54) is 33.3 Å². The van der Waals surface area contributed by atoms with E-state index < -0.39 is 34.9 Å². The molecule has 0 unspecified atom stereocenters. The maximum absolute atomic E-state index is 14.3. The third-order valence-corrected chi connectivity index (χ3v) is 8.64. The van der Waals surface area contributed by atoms with E-state index in [-0.39, 0.29) is 25.7 Å². The number of carbonyl (C=O) groups is 1. The molecule has 1 aromatic carbocycles. The van der Waals surface area contributed by atoms with Gasteiger partial charge in [-0.3, -0.25) is 14.2 Å². The van der Waals surface area contributed by atoms with Gasteiger partial charge in [0.25, 0.3) is 5.56 Å². The largest absolute Gasteiger partial charge is 0.496 e. The number of β-amino-alcohol motifs (C(OH)–C–C–N with tert-alkyl or cyclic N) is 1. The Balaban J connectivity index is 1.76. The summed E-state index contributed by atoms with van der Waals surface area (Å²) < 4.78 is 20.0. The number of methoxy groups -OCH3 is 1. The maximum Gasteiger partial charge on any atom is 0.333 e. The summed E-state index contributed by atoms with van der Waals surface area (Å²) in [5, 5.41) is 10.1. The van der Waals surface area contributed by atoms with Crippen LogP contribution in [-0.2, 0) is 21.6 Å². The van der Waals surface area contributed by atoms with E-state index in [0.717, 1.165) is 10.1 Å². The van der Waals surface area contributed by atoms with Crippen LogP contribution in [0.15, 0.2) is 50.7 Å². The van der Waals surface area contributed by atoms with E-state index in [0.29, 0.717) is 32.3 Å². The molecule has 218 valence electrons. The van der Waals surface area contributed by atoms with Crippen molar-refractivity contribution in [2.45, 2.75) is 65.0 Å². The average Bonchev–Trinajstić information content (AvgIpc) is 3.56. The number of nitrogens with zero attached hydrogens (tertiary/aromatic N) is 4. The lowest BCUT2D eigenvalue weighted by atomic mass is 9.99. The number of oxazole rings is 1. The average molecular weight is 583 g/mol. The smallest absolute Gasteiger partial charge is 0.333 e. The first-order valence-electron chi connectivity index (χ1n) is 13.4. The molecular formula is C29H34N4O7S. The predicted octanol–water partition coefficient (Wildman–Crippen LogP) is 3.30. The molecule has 0 saturated carbocycles. The van der Waals surface area contributed by atoms with Crippen LogP contribution in [0.4, 0.5) is 0 Å². The highest BCUT2D eigenvalue weighted by molar-refractivity contribution is 7.22.